The molecular formula is C25H28O7. The zero-order valence-electron chi connectivity index (χ0n) is 17.8. The molecule has 7 heteroatoms. The normalized spacial score (nSPS) is 12.3. The molecule has 0 radical (unpaired) electrons. The first-order valence-electron chi connectivity index (χ1n) is 10.2. The molecule has 2 aromatic carbocycles. The smallest absolute Gasteiger partial charge is 0.333 e. The summed E-state index contributed by atoms with van der Waals surface area (Å²) in [6, 6.07) is 18.0. The molecule has 0 saturated heterocycles. The summed E-state index contributed by atoms with van der Waals surface area (Å²) in [6.07, 6.45) is -1.27. The topological polar surface area (TPSA) is 102 Å². The monoisotopic (exact) mass is 440 g/mol. The van der Waals surface area contributed by atoms with Crippen LogP contribution in [-0.4, -0.2) is 47.6 Å². The van der Waals surface area contributed by atoms with Gasteiger partial charge in [0.05, 0.1) is 6.10 Å². The highest BCUT2D eigenvalue weighted by Gasteiger charge is 2.21. The number of aliphatic hydroxyl groups is 1. The number of aliphatic hydroxyl groups excluding tert-OH is 1. The summed E-state index contributed by atoms with van der Waals surface area (Å²) in [5, 5.41) is 19.2. The third-order valence-electron chi connectivity index (χ3n) is 4.48. The van der Waals surface area contributed by atoms with Gasteiger partial charge in [0.15, 0.2) is 0 Å². The van der Waals surface area contributed by atoms with Crippen LogP contribution in [0.15, 0.2) is 85.0 Å². The first-order chi connectivity index (χ1) is 15.3. The quantitative estimate of drug-likeness (QED) is 0.340. The minimum Gasteiger partial charge on any atom is -0.491 e. The molecular weight excluding hydrogens is 412 g/mol. The van der Waals surface area contributed by atoms with Gasteiger partial charge in [-0.1, -0.05) is 49.6 Å². The van der Waals surface area contributed by atoms with E-state index in [-0.39, 0.29) is 43.6 Å². The Bertz CT molecular complexity index is 893. The summed E-state index contributed by atoms with van der Waals surface area (Å²) in [6.45, 7) is 7.26. The van der Waals surface area contributed by atoms with Crippen molar-refractivity contribution in [1.29, 1.82) is 0 Å². The number of carboxylic acids is 1. The first kappa shape index (κ1) is 24.7. The van der Waals surface area contributed by atoms with Crippen LogP contribution in [-0.2, 0) is 14.3 Å². The molecule has 0 amide bonds. The molecule has 0 aliphatic carbocycles. The highest BCUT2D eigenvalue weighted by molar-refractivity contribution is 5.88. The van der Waals surface area contributed by atoms with Gasteiger partial charge in [-0.25, -0.2) is 9.59 Å². The van der Waals surface area contributed by atoms with E-state index in [1.54, 1.807) is 36.4 Å². The Morgan fingerprint density at radius 3 is 1.91 bits per heavy atom. The average Bonchev–Trinajstić information content (AvgIpc) is 2.80. The van der Waals surface area contributed by atoms with Crippen LogP contribution in [0.4, 0.5) is 0 Å². The maximum absolute atomic E-state index is 12.4. The number of hydrogen-bond acceptors (Lipinski definition) is 6. The zero-order valence-corrected chi connectivity index (χ0v) is 17.8. The van der Waals surface area contributed by atoms with Crippen molar-refractivity contribution < 1.29 is 34.0 Å². The van der Waals surface area contributed by atoms with E-state index in [1.165, 1.54) is 0 Å². The van der Waals surface area contributed by atoms with Crippen LogP contribution in [0.25, 0.3) is 0 Å². The number of esters is 1. The second kappa shape index (κ2) is 13.0. The van der Waals surface area contributed by atoms with Gasteiger partial charge in [-0.15, -0.1) is 0 Å². The second-order valence-electron chi connectivity index (χ2n) is 7.18. The molecule has 0 heterocycles. The van der Waals surface area contributed by atoms with Gasteiger partial charge in [0.1, 0.15) is 30.8 Å². The minimum atomic E-state index is -1.17. The Balaban J connectivity index is 1.82. The summed E-state index contributed by atoms with van der Waals surface area (Å²) in [7, 11) is 0. The fraction of sp³-hybridized carbons (Fsp3) is 0.280. The second-order valence-corrected chi connectivity index (χ2v) is 7.18. The number of hydrogen-bond donors (Lipinski definition) is 2. The number of carbonyl (C=O) groups is 2. The lowest BCUT2D eigenvalue weighted by molar-refractivity contribution is -0.147. The molecule has 32 heavy (non-hydrogen) atoms. The average molecular weight is 440 g/mol. The molecule has 2 aromatic rings. The first-order valence-corrected chi connectivity index (χ1v) is 10.2. The lowest BCUT2D eigenvalue weighted by Crippen LogP contribution is -2.27. The molecule has 0 aliphatic heterocycles. The Hall–Kier alpha value is -3.58. The van der Waals surface area contributed by atoms with Crippen LogP contribution in [0.5, 0.6) is 11.5 Å². The molecule has 0 fully saturated rings. The fourth-order valence-corrected chi connectivity index (χ4v) is 2.67. The minimum absolute atomic E-state index is 0.0388. The van der Waals surface area contributed by atoms with E-state index in [9.17, 15) is 14.7 Å². The van der Waals surface area contributed by atoms with Crippen molar-refractivity contribution in [2.45, 2.75) is 31.5 Å². The molecule has 0 bridgehead atoms. The van der Waals surface area contributed by atoms with Gasteiger partial charge in [-0.2, -0.15) is 0 Å². The van der Waals surface area contributed by atoms with Crippen molar-refractivity contribution in [3.63, 3.8) is 0 Å². The maximum atomic E-state index is 12.4. The maximum Gasteiger partial charge on any atom is 0.333 e. The zero-order chi connectivity index (χ0) is 23.3. The van der Waals surface area contributed by atoms with Gasteiger partial charge in [-0.3, -0.25) is 0 Å². The van der Waals surface area contributed by atoms with Gasteiger partial charge in [0, 0.05) is 17.6 Å². The number of ether oxygens (including phenoxy) is 3. The molecule has 0 saturated carbocycles. The molecule has 2 N–H and O–H groups in total. The highest BCUT2D eigenvalue weighted by atomic mass is 16.6. The molecule has 2 unspecified atom stereocenters. The lowest BCUT2D eigenvalue weighted by atomic mass is 10.1. The summed E-state index contributed by atoms with van der Waals surface area (Å²) in [5.41, 5.74) is 0.0629. The van der Waals surface area contributed by atoms with Crippen molar-refractivity contribution in [1.82, 2.24) is 0 Å². The van der Waals surface area contributed by atoms with Gasteiger partial charge in [0.2, 0.25) is 0 Å². The van der Waals surface area contributed by atoms with Crippen LogP contribution in [0.1, 0.15) is 19.3 Å². The molecule has 0 spiro atoms. The number of carbonyl (C=O) groups excluding carboxylic acids is 1. The number of carboxylic acid groups (broad SMARTS) is 1. The Kier molecular flexibility index (Phi) is 10.0. The van der Waals surface area contributed by atoms with Gasteiger partial charge < -0.3 is 24.4 Å². The van der Waals surface area contributed by atoms with Crippen molar-refractivity contribution in [3.8, 4) is 11.5 Å². The molecule has 2 rings (SSSR count). The molecule has 0 aromatic heterocycles. The third kappa shape index (κ3) is 9.06. The van der Waals surface area contributed by atoms with Crippen LogP contribution < -0.4 is 9.47 Å². The van der Waals surface area contributed by atoms with Gasteiger partial charge in [0.25, 0.3) is 0 Å². The standard InChI is InChI=1S/C25H28O7/c1-18(13-14-20(26)16-30-21-9-5-3-6-10-21)25(29)32-23(15-19(2)24(27)28)17-31-22-11-7-4-8-12-22/h3-12,20,23,26H,1-2,13-17H2,(H,27,28). The number of aliphatic carboxylic acids is 1. The number of rotatable bonds is 14. The molecule has 7 nitrogen and oxygen atoms in total. The van der Waals surface area contributed by atoms with E-state index in [2.05, 4.69) is 13.2 Å². The Morgan fingerprint density at radius 1 is 0.844 bits per heavy atom. The fourth-order valence-electron chi connectivity index (χ4n) is 2.67. The van der Waals surface area contributed by atoms with E-state index in [4.69, 9.17) is 19.3 Å². The number of benzene rings is 2. The van der Waals surface area contributed by atoms with Crippen molar-refractivity contribution in [3.05, 3.63) is 85.0 Å². The third-order valence-corrected chi connectivity index (χ3v) is 4.48. The summed E-state index contributed by atoms with van der Waals surface area (Å²) in [4.78, 5) is 23.6. The van der Waals surface area contributed by atoms with E-state index in [1.807, 2.05) is 24.3 Å². The summed E-state index contributed by atoms with van der Waals surface area (Å²) >= 11 is 0. The predicted molar refractivity (Wildman–Crippen MR) is 120 cm³/mol. The largest absolute Gasteiger partial charge is 0.491 e. The number of para-hydroxylation sites is 2. The van der Waals surface area contributed by atoms with Gasteiger partial charge >= 0.3 is 11.9 Å². The van der Waals surface area contributed by atoms with Crippen molar-refractivity contribution >= 4 is 11.9 Å². The Labute approximate surface area is 187 Å². The van der Waals surface area contributed by atoms with E-state index < -0.39 is 24.1 Å². The van der Waals surface area contributed by atoms with E-state index >= 15 is 0 Å². The Morgan fingerprint density at radius 2 is 1.38 bits per heavy atom. The summed E-state index contributed by atoms with van der Waals surface area (Å²) < 4.78 is 16.5. The van der Waals surface area contributed by atoms with Crippen LogP contribution in [0.3, 0.4) is 0 Å². The van der Waals surface area contributed by atoms with Crippen LogP contribution >= 0.6 is 0 Å². The van der Waals surface area contributed by atoms with Crippen LogP contribution in [0.2, 0.25) is 0 Å². The van der Waals surface area contributed by atoms with Gasteiger partial charge in [-0.05, 0) is 37.1 Å². The molecule has 170 valence electrons. The predicted octanol–water partition coefficient (Wildman–Crippen LogP) is 3.78. The van der Waals surface area contributed by atoms with Crippen molar-refractivity contribution in [2.24, 2.45) is 0 Å². The SMILES string of the molecule is C=C(CC(COc1ccccc1)OC(=O)C(=C)CCC(O)COc1ccccc1)C(=O)O. The lowest BCUT2D eigenvalue weighted by Gasteiger charge is -2.20. The summed E-state index contributed by atoms with van der Waals surface area (Å²) in [5.74, 6) is -0.647. The van der Waals surface area contributed by atoms with E-state index in [0.717, 1.165) is 0 Å². The van der Waals surface area contributed by atoms with Crippen LogP contribution in [0, 0.1) is 0 Å². The molecule has 0 aliphatic rings. The van der Waals surface area contributed by atoms with E-state index in [0.29, 0.717) is 11.5 Å². The van der Waals surface area contributed by atoms with Crippen molar-refractivity contribution in [2.75, 3.05) is 13.2 Å². The molecule has 2 atom stereocenters. The highest BCUT2D eigenvalue weighted by Crippen LogP contribution is 2.16.